The number of likely N-dealkylation sites (N-methyl/N-ethyl adjacent to an activating group) is 1. The molecule has 2 bridgehead atoms. The molecule has 0 aliphatic carbocycles. The van der Waals surface area contributed by atoms with Crippen LogP contribution in [0.25, 0.3) is 22.4 Å². The van der Waals surface area contributed by atoms with E-state index in [2.05, 4.69) is 70.3 Å². The van der Waals surface area contributed by atoms with Gasteiger partial charge >= 0.3 is 0 Å². The second kappa shape index (κ2) is 9.32. The van der Waals surface area contributed by atoms with Crippen molar-refractivity contribution in [2.24, 2.45) is 11.8 Å². The highest BCUT2D eigenvalue weighted by atomic mass is 16.2. The van der Waals surface area contributed by atoms with E-state index in [9.17, 15) is 4.79 Å². The first kappa shape index (κ1) is 21.6. The zero-order valence-electron chi connectivity index (χ0n) is 19.2. The van der Waals surface area contributed by atoms with E-state index >= 15 is 0 Å². The van der Waals surface area contributed by atoms with Gasteiger partial charge in [-0.05, 0) is 36.4 Å². The highest BCUT2D eigenvalue weighted by Crippen LogP contribution is 2.37. The monoisotopic (exact) mass is 441 g/mol. The number of carbonyl (C=O) groups is 1. The lowest BCUT2D eigenvalue weighted by molar-refractivity contribution is -0.142. The summed E-state index contributed by atoms with van der Waals surface area (Å²) in [5, 5.41) is 8.84. The van der Waals surface area contributed by atoms with Crippen LogP contribution in [-0.2, 0) is 11.3 Å². The minimum Gasteiger partial charge on any atom is -0.342 e. The molecular weight excluding hydrogens is 410 g/mol. The predicted molar refractivity (Wildman–Crippen MR) is 130 cm³/mol. The van der Waals surface area contributed by atoms with Crippen molar-refractivity contribution in [3.05, 3.63) is 73.4 Å². The molecule has 0 saturated carbocycles. The van der Waals surface area contributed by atoms with E-state index in [1.807, 2.05) is 24.0 Å². The minimum absolute atomic E-state index is 0.106. The lowest BCUT2D eigenvalue weighted by Crippen LogP contribution is -2.58. The second-order valence-corrected chi connectivity index (χ2v) is 9.32. The quantitative estimate of drug-likeness (QED) is 0.521. The van der Waals surface area contributed by atoms with Crippen molar-refractivity contribution in [3.8, 4) is 22.4 Å². The molecule has 1 amide bonds. The van der Waals surface area contributed by atoms with E-state index in [0.717, 1.165) is 43.7 Å². The molecule has 6 heteroatoms. The smallest absolute Gasteiger partial charge is 0.227 e. The summed E-state index contributed by atoms with van der Waals surface area (Å²) in [7, 11) is 1.88. The summed E-state index contributed by atoms with van der Waals surface area (Å²) >= 11 is 0. The Morgan fingerprint density at radius 3 is 2.55 bits per heavy atom. The molecule has 0 radical (unpaired) electrons. The molecule has 4 heterocycles. The van der Waals surface area contributed by atoms with Gasteiger partial charge in [0.2, 0.25) is 5.91 Å². The van der Waals surface area contributed by atoms with Crippen molar-refractivity contribution in [1.29, 1.82) is 0 Å². The van der Waals surface area contributed by atoms with E-state index < -0.39 is 0 Å². The average Bonchev–Trinajstić information content (AvgIpc) is 3.33. The van der Waals surface area contributed by atoms with Gasteiger partial charge in [0.1, 0.15) is 5.69 Å². The topological polar surface area (TPSA) is 54.3 Å². The van der Waals surface area contributed by atoms with Gasteiger partial charge in [0.25, 0.3) is 0 Å². The zero-order valence-corrected chi connectivity index (χ0v) is 19.2. The number of fused-ring (bicyclic) bond motifs is 3. The largest absolute Gasteiger partial charge is 0.342 e. The summed E-state index contributed by atoms with van der Waals surface area (Å²) in [5.41, 5.74) is 4.37. The van der Waals surface area contributed by atoms with E-state index in [1.165, 1.54) is 11.1 Å². The fourth-order valence-corrected chi connectivity index (χ4v) is 5.37. The highest BCUT2D eigenvalue weighted by molar-refractivity contribution is 5.79. The van der Waals surface area contributed by atoms with Crippen LogP contribution in [0.1, 0.15) is 12.8 Å². The normalized spacial score (nSPS) is 23.9. The Kier molecular flexibility index (Phi) is 6.09. The van der Waals surface area contributed by atoms with Crippen LogP contribution >= 0.6 is 0 Å². The molecular formula is C27H31N5O. The van der Waals surface area contributed by atoms with Gasteiger partial charge in [-0.15, -0.1) is 11.7 Å². The third kappa shape index (κ3) is 4.48. The first-order valence-electron chi connectivity index (χ1n) is 11.8. The fraction of sp³-hybridized carbons (Fsp3) is 0.370. The number of hydrogen-bond donors (Lipinski definition) is 0. The van der Waals surface area contributed by atoms with Gasteiger partial charge in [0.15, 0.2) is 0 Å². The van der Waals surface area contributed by atoms with Crippen LogP contribution in [0.15, 0.2) is 73.4 Å². The molecule has 2 aromatic carbocycles. The molecule has 4 atom stereocenters. The Labute approximate surface area is 195 Å². The number of piperidine rings is 3. The first-order chi connectivity index (χ1) is 16.1. The molecule has 1 unspecified atom stereocenters. The van der Waals surface area contributed by atoms with Crippen LogP contribution in [0.5, 0.6) is 0 Å². The molecule has 3 saturated heterocycles. The van der Waals surface area contributed by atoms with Crippen LogP contribution in [0.3, 0.4) is 0 Å². The molecule has 3 aromatic rings. The van der Waals surface area contributed by atoms with Gasteiger partial charge in [-0.2, -0.15) is 0 Å². The van der Waals surface area contributed by atoms with Crippen molar-refractivity contribution in [3.63, 3.8) is 0 Å². The number of benzene rings is 2. The molecule has 3 fully saturated rings. The van der Waals surface area contributed by atoms with Crippen LogP contribution in [0.2, 0.25) is 0 Å². The summed E-state index contributed by atoms with van der Waals surface area (Å²) in [6.45, 7) is 7.09. The zero-order chi connectivity index (χ0) is 22.8. The number of rotatable bonds is 7. The average molecular weight is 442 g/mol. The Hall–Kier alpha value is -3.25. The first-order valence-corrected chi connectivity index (χ1v) is 11.8. The molecule has 3 aliphatic heterocycles. The van der Waals surface area contributed by atoms with Crippen molar-refractivity contribution in [2.75, 3.05) is 26.7 Å². The van der Waals surface area contributed by atoms with Gasteiger partial charge in [-0.1, -0.05) is 65.9 Å². The molecule has 33 heavy (non-hydrogen) atoms. The van der Waals surface area contributed by atoms with Gasteiger partial charge < -0.3 is 4.90 Å². The van der Waals surface area contributed by atoms with Crippen molar-refractivity contribution >= 4 is 5.91 Å². The van der Waals surface area contributed by atoms with Gasteiger partial charge in [-0.3, -0.25) is 14.4 Å². The number of nitrogens with zero attached hydrogens (tertiary/aromatic N) is 5. The third-order valence-corrected chi connectivity index (χ3v) is 7.20. The lowest BCUT2D eigenvalue weighted by atomic mass is 9.75. The van der Waals surface area contributed by atoms with Gasteiger partial charge in [0.05, 0.1) is 18.7 Å². The Balaban J connectivity index is 1.23. The number of carbonyl (C=O) groups excluding carboxylic acids is 1. The van der Waals surface area contributed by atoms with Crippen molar-refractivity contribution in [1.82, 2.24) is 24.8 Å². The Morgan fingerprint density at radius 2 is 1.85 bits per heavy atom. The predicted octanol–water partition coefficient (Wildman–Crippen LogP) is 3.97. The summed E-state index contributed by atoms with van der Waals surface area (Å²) in [5.74, 6) is 0.813. The summed E-state index contributed by atoms with van der Waals surface area (Å²) < 4.78 is 1.96. The van der Waals surface area contributed by atoms with Gasteiger partial charge in [-0.25, -0.2) is 0 Å². The molecule has 3 aliphatic rings. The second-order valence-electron chi connectivity index (χ2n) is 9.32. The summed E-state index contributed by atoms with van der Waals surface area (Å²) in [6, 6.07) is 19.3. The maximum Gasteiger partial charge on any atom is 0.227 e. The molecule has 170 valence electrons. The standard InChI is InChI=1S/C27H31N5O/c1-3-14-30(2)27(33)25-18-31-15-13-23(25)16-24(31)17-32-19-26(28-29-32)22-11-9-21(10-12-22)20-7-5-4-6-8-20/h3-12,19,23-25H,1,13-18H2,2H3/t23-,24+,25+/m0/s1. The highest BCUT2D eigenvalue weighted by Gasteiger charge is 2.44. The Bertz CT molecular complexity index is 1110. The number of aromatic nitrogens is 3. The lowest BCUT2D eigenvalue weighted by Gasteiger charge is -2.49. The van der Waals surface area contributed by atoms with Crippen LogP contribution in [0, 0.1) is 11.8 Å². The maximum absolute atomic E-state index is 12.8. The van der Waals surface area contributed by atoms with E-state index in [4.69, 9.17) is 0 Å². The SMILES string of the molecule is C=CCN(C)C(=O)[C@@H]1CN2CC[C@H]1C[C@@H]2Cn1cc(-c2ccc(-c3ccccc3)cc2)nn1. The number of amides is 1. The fourth-order valence-electron chi connectivity index (χ4n) is 5.37. The van der Waals surface area contributed by atoms with E-state index in [-0.39, 0.29) is 11.8 Å². The Morgan fingerprint density at radius 1 is 1.12 bits per heavy atom. The molecule has 6 rings (SSSR count). The van der Waals surface area contributed by atoms with E-state index in [0.29, 0.717) is 18.5 Å². The van der Waals surface area contributed by atoms with Gasteiger partial charge in [0, 0.05) is 31.7 Å². The van der Waals surface area contributed by atoms with Crippen molar-refractivity contribution < 1.29 is 4.79 Å². The number of hydrogen-bond acceptors (Lipinski definition) is 4. The van der Waals surface area contributed by atoms with Crippen LogP contribution in [-0.4, -0.2) is 63.4 Å². The minimum atomic E-state index is 0.106. The third-order valence-electron chi connectivity index (χ3n) is 7.20. The molecule has 0 spiro atoms. The molecule has 1 aromatic heterocycles. The maximum atomic E-state index is 12.8. The molecule has 6 nitrogen and oxygen atoms in total. The van der Waals surface area contributed by atoms with Crippen LogP contribution < -0.4 is 0 Å². The van der Waals surface area contributed by atoms with E-state index in [1.54, 1.807) is 11.0 Å². The van der Waals surface area contributed by atoms with Crippen LogP contribution in [0.4, 0.5) is 0 Å². The summed E-state index contributed by atoms with van der Waals surface area (Å²) in [6.07, 6.45) is 5.98. The van der Waals surface area contributed by atoms with Crippen molar-refractivity contribution in [2.45, 2.75) is 25.4 Å². The molecule has 0 N–H and O–H groups in total. The summed E-state index contributed by atoms with van der Waals surface area (Å²) in [4.78, 5) is 17.1.